The van der Waals surface area contributed by atoms with Crippen LogP contribution < -0.4 is 10.2 Å². The van der Waals surface area contributed by atoms with Crippen LogP contribution in [-0.2, 0) is 9.59 Å². The van der Waals surface area contributed by atoms with E-state index in [1.54, 1.807) is 7.05 Å². The van der Waals surface area contributed by atoms with E-state index in [2.05, 4.69) is 35.7 Å². The van der Waals surface area contributed by atoms with Gasteiger partial charge in [-0.1, -0.05) is 30.3 Å². The van der Waals surface area contributed by atoms with Gasteiger partial charge in [0.15, 0.2) is 6.54 Å². The van der Waals surface area contributed by atoms with E-state index in [1.165, 1.54) is 20.9 Å². The second-order valence-corrected chi connectivity index (χ2v) is 7.77. The standard InChI is InChI=1S/C20H29N3O2/c1-20(2,3)21-18(24)14-22(4)19(25)15-23-12-10-17(11-13-23)16-8-6-5-7-9-16/h5-10H,11-15H2,1-4H3,(H,21,24)/p+1. The quantitative estimate of drug-likeness (QED) is 0.827. The average Bonchev–Trinajstić information content (AvgIpc) is 2.54. The summed E-state index contributed by atoms with van der Waals surface area (Å²) in [7, 11) is 1.69. The lowest BCUT2D eigenvalue weighted by Gasteiger charge is -2.26. The highest BCUT2D eigenvalue weighted by Crippen LogP contribution is 2.17. The lowest BCUT2D eigenvalue weighted by atomic mass is 10.00. The first-order chi connectivity index (χ1) is 11.7. The van der Waals surface area contributed by atoms with Gasteiger partial charge in [0, 0.05) is 19.0 Å². The minimum Gasteiger partial charge on any atom is -0.350 e. The molecule has 0 spiro atoms. The van der Waals surface area contributed by atoms with Crippen LogP contribution in [0.1, 0.15) is 32.8 Å². The number of benzene rings is 1. The summed E-state index contributed by atoms with van der Waals surface area (Å²) in [6, 6.07) is 10.4. The summed E-state index contributed by atoms with van der Waals surface area (Å²) in [6.07, 6.45) is 3.20. The third kappa shape index (κ3) is 6.35. The molecule has 2 N–H and O–H groups in total. The Morgan fingerprint density at radius 3 is 2.44 bits per heavy atom. The van der Waals surface area contributed by atoms with E-state index in [-0.39, 0.29) is 23.9 Å². The molecule has 1 aromatic rings. The smallest absolute Gasteiger partial charge is 0.277 e. The van der Waals surface area contributed by atoms with Gasteiger partial charge in [-0.3, -0.25) is 9.59 Å². The maximum absolute atomic E-state index is 12.4. The van der Waals surface area contributed by atoms with Crippen molar-refractivity contribution in [3.05, 3.63) is 42.0 Å². The van der Waals surface area contributed by atoms with Gasteiger partial charge in [0.2, 0.25) is 5.91 Å². The van der Waals surface area contributed by atoms with Crippen LogP contribution in [0.25, 0.3) is 5.57 Å². The van der Waals surface area contributed by atoms with Crippen LogP contribution in [0, 0.1) is 0 Å². The lowest BCUT2D eigenvalue weighted by Crippen LogP contribution is -3.13. The van der Waals surface area contributed by atoms with Crippen LogP contribution in [0.5, 0.6) is 0 Å². The zero-order chi connectivity index (χ0) is 18.4. The van der Waals surface area contributed by atoms with Crippen molar-refractivity contribution in [3.8, 4) is 0 Å². The number of rotatable bonds is 5. The fraction of sp³-hybridized carbons (Fsp3) is 0.500. The van der Waals surface area contributed by atoms with Crippen LogP contribution in [0.2, 0.25) is 0 Å². The van der Waals surface area contributed by atoms with Gasteiger partial charge in [-0.25, -0.2) is 0 Å². The molecule has 1 aliphatic heterocycles. The minimum absolute atomic E-state index is 0.00983. The predicted molar refractivity (Wildman–Crippen MR) is 100 cm³/mol. The van der Waals surface area contributed by atoms with Crippen molar-refractivity contribution >= 4 is 17.4 Å². The highest BCUT2D eigenvalue weighted by atomic mass is 16.2. The molecule has 1 aromatic carbocycles. The van der Waals surface area contributed by atoms with E-state index < -0.39 is 0 Å². The Kier molecular flexibility index (Phi) is 6.37. The molecular formula is C20H30N3O2+. The zero-order valence-electron chi connectivity index (χ0n) is 15.8. The number of carbonyl (C=O) groups excluding carboxylic acids is 2. The van der Waals surface area contributed by atoms with Crippen molar-refractivity contribution in [1.82, 2.24) is 10.2 Å². The topological polar surface area (TPSA) is 53.9 Å². The zero-order valence-corrected chi connectivity index (χ0v) is 15.8. The third-order valence-corrected chi connectivity index (χ3v) is 4.25. The molecule has 2 amide bonds. The monoisotopic (exact) mass is 344 g/mol. The molecule has 0 bridgehead atoms. The van der Waals surface area contributed by atoms with E-state index in [0.29, 0.717) is 6.54 Å². The SMILES string of the molecule is CN(CC(=O)NC(C)(C)C)C(=O)C[NH+]1CC=C(c2ccccc2)CC1. The van der Waals surface area contributed by atoms with E-state index in [9.17, 15) is 9.59 Å². The van der Waals surface area contributed by atoms with Crippen molar-refractivity contribution in [2.24, 2.45) is 0 Å². The largest absolute Gasteiger partial charge is 0.350 e. The molecule has 0 aromatic heterocycles. The fourth-order valence-electron chi connectivity index (χ4n) is 2.97. The van der Waals surface area contributed by atoms with E-state index in [4.69, 9.17) is 0 Å². The maximum atomic E-state index is 12.4. The van der Waals surface area contributed by atoms with Crippen molar-refractivity contribution < 1.29 is 14.5 Å². The average molecular weight is 344 g/mol. The molecule has 1 aliphatic rings. The number of hydrogen-bond acceptors (Lipinski definition) is 2. The van der Waals surface area contributed by atoms with Gasteiger partial charge in [0.05, 0.1) is 19.6 Å². The van der Waals surface area contributed by atoms with Gasteiger partial charge in [-0.05, 0) is 38.0 Å². The summed E-state index contributed by atoms with van der Waals surface area (Å²) in [5.41, 5.74) is 2.34. The predicted octanol–water partition coefficient (Wildman–Crippen LogP) is 0.732. The molecule has 5 heteroatoms. The van der Waals surface area contributed by atoms with Crippen molar-refractivity contribution in [3.63, 3.8) is 0 Å². The Labute approximate surface area is 150 Å². The summed E-state index contributed by atoms with van der Waals surface area (Å²) in [5, 5.41) is 2.88. The van der Waals surface area contributed by atoms with Gasteiger partial charge >= 0.3 is 0 Å². The van der Waals surface area contributed by atoms with Gasteiger partial charge in [0.1, 0.15) is 0 Å². The van der Waals surface area contributed by atoms with Gasteiger partial charge in [-0.2, -0.15) is 0 Å². The second-order valence-electron chi connectivity index (χ2n) is 7.77. The van der Waals surface area contributed by atoms with Crippen molar-refractivity contribution in [2.75, 3.05) is 33.2 Å². The van der Waals surface area contributed by atoms with E-state index >= 15 is 0 Å². The normalized spacial score (nSPS) is 17.6. The molecular weight excluding hydrogens is 314 g/mol. The molecule has 25 heavy (non-hydrogen) atoms. The lowest BCUT2D eigenvalue weighted by molar-refractivity contribution is -0.887. The molecule has 1 heterocycles. The number of carbonyl (C=O) groups is 2. The molecule has 0 aliphatic carbocycles. The Morgan fingerprint density at radius 1 is 1.20 bits per heavy atom. The first kappa shape index (κ1) is 19.2. The van der Waals surface area contributed by atoms with Crippen LogP contribution >= 0.6 is 0 Å². The summed E-state index contributed by atoms with van der Waals surface area (Å²) >= 11 is 0. The number of nitrogens with zero attached hydrogens (tertiary/aromatic N) is 1. The first-order valence-electron chi connectivity index (χ1n) is 8.87. The summed E-state index contributed by atoms with van der Waals surface area (Å²) in [6.45, 7) is 8.11. The Bertz CT molecular complexity index is 632. The molecule has 0 saturated carbocycles. The summed E-state index contributed by atoms with van der Waals surface area (Å²) in [4.78, 5) is 27.1. The summed E-state index contributed by atoms with van der Waals surface area (Å²) < 4.78 is 0. The Balaban J connectivity index is 1.81. The van der Waals surface area contributed by atoms with Crippen LogP contribution in [0.15, 0.2) is 36.4 Å². The second kappa shape index (κ2) is 8.30. The Hall–Kier alpha value is -2.14. The highest BCUT2D eigenvalue weighted by Gasteiger charge is 2.23. The van der Waals surface area contributed by atoms with Crippen molar-refractivity contribution in [1.29, 1.82) is 0 Å². The molecule has 5 nitrogen and oxygen atoms in total. The number of amides is 2. The number of hydrogen-bond donors (Lipinski definition) is 2. The number of nitrogens with one attached hydrogen (secondary N) is 2. The number of likely N-dealkylation sites (N-methyl/N-ethyl adjacent to an activating group) is 1. The molecule has 2 rings (SSSR count). The number of quaternary nitrogens is 1. The van der Waals surface area contributed by atoms with Crippen LogP contribution in [0.3, 0.4) is 0 Å². The minimum atomic E-state index is -0.280. The van der Waals surface area contributed by atoms with Crippen LogP contribution in [-0.4, -0.2) is 55.5 Å². The van der Waals surface area contributed by atoms with Crippen LogP contribution in [0.4, 0.5) is 0 Å². The van der Waals surface area contributed by atoms with Gasteiger partial charge in [0.25, 0.3) is 5.91 Å². The molecule has 1 unspecified atom stereocenters. The molecule has 136 valence electrons. The first-order valence-corrected chi connectivity index (χ1v) is 8.87. The van der Waals surface area contributed by atoms with Gasteiger partial charge in [-0.15, -0.1) is 0 Å². The maximum Gasteiger partial charge on any atom is 0.277 e. The third-order valence-electron chi connectivity index (χ3n) is 4.25. The van der Waals surface area contributed by atoms with Gasteiger partial charge < -0.3 is 15.1 Å². The van der Waals surface area contributed by atoms with Crippen molar-refractivity contribution in [2.45, 2.75) is 32.7 Å². The summed E-state index contributed by atoms with van der Waals surface area (Å²) in [5.74, 6) is -0.112. The van der Waals surface area contributed by atoms with E-state index in [1.807, 2.05) is 26.8 Å². The fourth-order valence-corrected chi connectivity index (χ4v) is 2.97. The van der Waals surface area contributed by atoms with E-state index in [0.717, 1.165) is 19.5 Å². The highest BCUT2D eigenvalue weighted by molar-refractivity contribution is 5.85. The molecule has 0 fully saturated rings. The molecule has 0 radical (unpaired) electrons. The molecule has 0 saturated heterocycles. The molecule has 1 atom stereocenters. The Morgan fingerprint density at radius 2 is 1.88 bits per heavy atom.